The fraction of sp³-hybridized carbons (Fsp3) is 0.381. The van der Waals surface area contributed by atoms with Crippen molar-refractivity contribution in [3.05, 3.63) is 60.2 Å². The second-order valence-corrected chi connectivity index (χ2v) is 6.33. The minimum absolute atomic E-state index is 0.0142. The summed E-state index contributed by atoms with van der Waals surface area (Å²) < 4.78 is 0. The Morgan fingerprint density at radius 2 is 1.96 bits per heavy atom. The molecule has 1 aromatic rings. The van der Waals surface area contributed by atoms with Gasteiger partial charge in [0.1, 0.15) is 11.5 Å². The van der Waals surface area contributed by atoms with Gasteiger partial charge >= 0.3 is 0 Å². The second-order valence-electron chi connectivity index (χ2n) is 6.33. The van der Waals surface area contributed by atoms with Gasteiger partial charge in [-0.25, -0.2) is 0 Å². The highest BCUT2D eigenvalue weighted by Crippen LogP contribution is 2.33. The van der Waals surface area contributed by atoms with E-state index in [4.69, 9.17) is 0 Å². The molecule has 1 aliphatic heterocycles. The average Bonchev–Trinajstić information content (AvgIpc) is 3.04. The van der Waals surface area contributed by atoms with Crippen LogP contribution in [0.2, 0.25) is 0 Å². The maximum atomic E-state index is 12.4. The van der Waals surface area contributed by atoms with Crippen LogP contribution in [-0.2, 0) is 0 Å². The molecule has 0 atom stereocenters. The molecule has 4 heteroatoms. The Hall–Kier alpha value is -2.49. The van der Waals surface area contributed by atoms with Crippen LogP contribution in [0.4, 0.5) is 0 Å². The van der Waals surface area contributed by atoms with Crippen LogP contribution < -0.4 is 0 Å². The van der Waals surface area contributed by atoms with Crippen molar-refractivity contribution >= 4 is 5.91 Å². The molecule has 0 fully saturated rings. The highest BCUT2D eigenvalue weighted by atomic mass is 16.3. The van der Waals surface area contributed by atoms with Gasteiger partial charge in [-0.1, -0.05) is 52.0 Å². The van der Waals surface area contributed by atoms with Gasteiger partial charge in [0.05, 0.1) is 5.56 Å². The van der Waals surface area contributed by atoms with Crippen LogP contribution in [0.3, 0.4) is 0 Å². The van der Waals surface area contributed by atoms with Gasteiger partial charge in [-0.15, -0.1) is 6.58 Å². The Morgan fingerprint density at radius 3 is 2.40 bits per heavy atom. The number of unbranched alkanes of at least 4 members (excludes halogenated alkanes) is 1. The molecule has 0 bridgehead atoms. The van der Waals surface area contributed by atoms with E-state index in [9.17, 15) is 15.0 Å². The van der Waals surface area contributed by atoms with E-state index in [-0.39, 0.29) is 28.9 Å². The topological polar surface area (TPSA) is 60.8 Å². The molecule has 136 valence electrons. The molecule has 25 heavy (non-hydrogen) atoms. The molecule has 1 amide bonds. The van der Waals surface area contributed by atoms with Crippen LogP contribution in [0.1, 0.15) is 55.5 Å². The van der Waals surface area contributed by atoms with E-state index in [0.29, 0.717) is 18.7 Å². The molecule has 2 rings (SSSR count). The Morgan fingerprint density at radius 1 is 1.28 bits per heavy atom. The predicted octanol–water partition coefficient (Wildman–Crippen LogP) is 4.76. The van der Waals surface area contributed by atoms with Crippen LogP contribution in [0, 0.1) is 0 Å². The van der Waals surface area contributed by atoms with E-state index in [2.05, 4.69) is 20.1 Å². The number of carbonyl (C=O) groups is 1. The fourth-order valence-electron chi connectivity index (χ4n) is 2.48. The summed E-state index contributed by atoms with van der Waals surface area (Å²) in [7, 11) is 0. The smallest absolute Gasteiger partial charge is 0.258 e. The van der Waals surface area contributed by atoms with Gasteiger partial charge in [-0.2, -0.15) is 0 Å². The molecule has 2 N–H and O–H groups in total. The summed E-state index contributed by atoms with van der Waals surface area (Å²) in [5.74, 6) is -0.343. The molecule has 4 nitrogen and oxygen atoms in total. The van der Waals surface area contributed by atoms with E-state index in [1.807, 2.05) is 26.0 Å². The number of benzene rings is 1. The van der Waals surface area contributed by atoms with Crippen LogP contribution in [0.25, 0.3) is 0 Å². The second kappa shape index (κ2) is 9.72. The van der Waals surface area contributed by atoms with Crippen molar-refractivity contribution in [2.24, 2.45) is 0 Å². The number of carbonyl (C=O) groups excluding carboxylic acids is 1. The van der Waals surface area contributed by atoms with Gasteiger partial charge < -0.3 is 15.1 Å². The van der Waals surface area contributed by atoms with Gasteiger partial charge in [-0.3, -0.25) is 4.79 Å². The summed E-state index contributed by atoms with van der Waals surface area (Å²) in [6.45, 7) is 14.2. The Bertz CT molecular complexity index is 659. The third-order valence-electron chi connectivity index (χ3n) is 3.99. The van der Waals surface area contributed by atoms with Crippen LogP contribution >= 0.6 is 0 Å². The molecule has 0 saturated heterocycles. The maximum Gasteiger partial charge on any atom is 0.258 e. The van der Waals surface area contributed by atoms with Crippen molar-refractivity contribution in [1.29, 1.82) is 0 Å². The lowest BCUT2D eigenvalue weighted by molar-refractivity contribution is 0.0795. The highest BCUT2D eigenvalue weighted by Gasteiger charge is 2.24. The molecule has 1 heterocycles. The summed E-state index contributed by atoms with van der Waals surface area (Å²) in [6, 6.07) is 2.81. The van der Waals surface area contributed by atoms with Crippen molar-refractivity contribution in [2.75, 3.05) is 13.1 Å². The first-order valence-corrected chi connectivity index (χ1v) is 8.63. The molecule has 0 aromatic heterocycles. The first-order chi connectivity index (χ1) is 11.8. The van der Waals surface area contributed by atoms with E-state index >= 15 is 0 Å². The largest absolute Gasteiger partial charge is 0.508 e. The lowest BCUT2D eigenvalue weighted by Crippen LogP contribution is -2.29. The first kappa shape index (κ1) is 20.6. The zero-order valence-electron chi connectivity index (χ0n) is 15.5. The van der Waals surface area contributed by atoms with Crippen LogP contribution in [-0.4, -0.2) is 34.1 Å². The molecule has 0 unspecified atom stereocenters. The lowest BCUT2D eigenvalue weighted by atomic mass is 9.98. The molecule has 0 spiro atoms. The third kappa shape index (κ3) is 5.52. The predicted molar refractivity (Wildman–Crippen MR) is 103 cm³/mol. The van der Waals surface area contributed by atoms with Crippen molar-refractivity contribution in [3.8, 4) is 11.5 Å². The molecular weight excluding hydrogens is 314 g/mol. The van der Waals surface area contributed by atoms with Crippen LogP contribution in [0.15, 0.2) is 49.1 Å². The van der Waals surface area contributed by atoms with Crippen molar-refractivity contribution in [1.82, 2.24) is 4.90 Å². The van der Waals surface area contributed by atoms with E-state index < -0.39 is 0 Å². The van der Waals surface area contributed by atoms with Gasteiger partial charge in [0.15, 0.2) is 0 Å². The lowest BCUT2D eigenvalue weighted by Gasteiger charge is -2.18. The van der Waals surface area contributed by atoms with Crippen molar-refractivity contribution < 1.29 is 15.0 Å². The molecule has 0 saturated carbocycles. The summed E-state index contributed by atoms with van der Waals surface area (Å²) in [5.41, 5.74) is 1.88. The summed E-state index contributed by atoms with van der Waals surface area (Å²) in [5, 5.41) is 19.7. The maximum absolute atomic E-state index is 12.4. The number of amides is 1. The van der Waals surface area contributed by atoms with Gasteiger partial charge in [0.2, 0.25) is 0 Å². The number of phenolic OH excluding ortho intramolecular Hbond substituents is 2. The highest BCUT2D eigenvalue weighted by molar-refractivity contribution is 5.98. The van der Waals surface area contributed by atoms with Crippen molar-refractivity contribution in [2.45, 2.75) is 39.5 Å². The number of aromatic hydroxyl groups is 2. The summed E-state index contributed by atoms with van der Waals surface area (Å²) in [4.78, 5) is 14.1. The van der Waals surface area contributed by atoms with Crippen LogP contribution in [0.5, 0.6) is 11.5 Å². The molecule has 0 aliphatic carbocycles. The third-order valence-corrected chi connectivity index (χ3v) is 3.99. The van der Waals surface area contributed by atoms with Gasteiger partial charge in [-0.05, 0) is 29.5 Å². The average molecular weight is 343 g/mol. The van der Waals surface area contributed by atoms with Crippen molar-refractivity contribution in [3.63, 3.8) is 0 Å². The summed E-state index contributed by atoms with van der Waals surface area (Å²) >= 11 is 0. The zero-order chi connectivity index (χ0) is 19.0. The van der Waals surface area contributed by atoms with Gasteiger partial charge in [0.25, 0.3) is 5.91 Å². The Labute approximate surface area is 150 Å². The standard InChI is InChI=1S/C16H19NO3.C5H10/c1-4-11-5-6-17(9-11)16(20)13-7-12(10(2)3)14(18)8-15(13)19;1-3-5-4-2/h4-5,7-8,10,18-19H,1,6,9H2,2-3H3;3H,1,4-5H2,2H3. The molecule has 1 aliphatic rings. The minimum Gasteiger partial charge on any atom is -0.508 e. The van der Waals surface area contributed by atoms with E-state index in [1.165, 1.54) is 12.5 Å². The zero-order valence-corrected chi connectivity index (χ0v) is 15.5. The van der Waals surface area contributed by atoms with E-state index in [1.54, 1.807) is 17.0 Å². The molecular formula is C21H29NO3. The number of phenols is 2. The summed E-state index contributed by atoms with van der Waals surface area (Å²) in [6.07, 6.45) is 7.97. The quantitative estimate of drug-likeness (QED) is 0.758. The Kier molecular flexibility index (Phi) is 7.99. The number of hydrogen-bond acceptors (Lipinski definition) is 3. The number of allylic oxidation sites excluding steroid dienone is 1. The minimum atomic E-state index is -0.238. The SMILES string of the molecule is C=CC1=CCN(C(=O)c2cc(C(C)C)c(O)cc2O)C1.C=CCCC. The Balaban J connectivity index is 0.000000550. The van der Waals surface area contributed by atoms with Gasteiger partial charge in [0, 0.05) is 19.2 Å². The number of rotatable bonds is 5. The molecule has 0 radical (unpaired) electrons. The molecule has 1 aromatic carbocycles. The monoisotopic (exact) mass is 343 g/mol. The fourth-order valence-corrected chi connectivity index (χ4v) is 2.48. The number of nitrogens with zero attached hydrogens (tertiary/aromatic N) is 1. The number of hydrogen-bond donors (Lipinski definition) is 2. The normalized spacial score (nSPS) is 13.1. The van der Waals surface area contributed by atoms with E-state index in [0.717, 1.165) is 12.0 Å². The first-order valence-electron chi connectivity index (χ1n) is 8.63.